The van der Waals surface area contributed by atoms with Gasteiger partial charge in [-0.2, -0.15) is 18.3 Å². The third-order valence-electron chi connectivity index (χ3n) is 2.65. The molecule has 0 fully saturated rings. The van der Waals surface area contributed by atoms with Crippen molar-refractivity contribution in [3.8, 4) is 5.69 Å². The number of benzene rings is 1. The van der Waals surface area contributed by atoms with Crippen molar-refractivity contribution in [2.45, 2.75) is 18.1 Å². The van der Waals surface area contributed by atoms with Gasteiger partial charge in [-0.25, -0.2) is 4.68 Å². The first-order valence-electron chi connectivity index (χ1n) is 5.87. The highest BCUT2D eigenvalue weighted by molar-refractivity contribution is 7.99. The Hall–Kier alpha value is -1.96. The first-order chi connectivity index (χ1) is 9.79. The second-order valence-corrected chi connectivity index (χ2v) is 5.24. The van der Waals surface area contributed by atoms with Crippen LogP contribution in [-0.2, 0) is 11.0 Å². The van der Waals surface area contributed by atoms with Crippen molar-refractivity contribution in [3.05, 3.63) is 41.6 Å². The fourth-order valence-corrected chi connectivity index (χ4v) is 2.44. The lowest BCUT2D eigenvalue weighted by molar-refractivity contribution is -0.141. The predicted octanol–water partition coefficient (Wildman–Crippen LogP) is 3.38. The molecule has 0 atom stereocenters. The van der Waals surface area contributed by atoms with Gasteiger partial charge < -0.3 is 5.11 Å². The van der Waals surface area contributed by atoms with E-state index in [4.69, 9.17) is 5.11 Å². The second kappa shape index (κ2) is 5.80. The number of carbonyl (C=O) groups is 1. The summed E-state index contributed by atoms with van der Waals surface area (Å²) < 4.78 is 39.5. The van der Waals surface area contributed by atoms with Crippen molar-refractivity contribution < 1.29 is 23.1 Å². The number of carboxylic acid groups (broad SMARTS) is 1. The van der Waals surface area contributed by atoms with Gasteiger partial charge in [0.15, 0.2) is 5.69 Å². The SMILES string of the molecule is Cc1ccccc1-n1nc(C(F)(F)F)cc1SCC(=O)O. The van der Waals surface area contributed by atoms with Crippen molar-refractivity contribution in [1.29, 1.82) is 0 Å². The van der Waals surface area contributed by atoms with Gasteiger partial charge in [0.25, 0.3) is 0 Å². The summed E-state index contributed by atoms with van der Waals surface area (Å²) in [6.45, 7) is 1.75. The standard InChI is InChI=1S/C13H11F3N2O2S/c1-8-4-2-3-5-9(8)18-11(21-7-12(19)20)6-10(17-18)13(14,15)16/h2-6H,7H2,1H3,(H,19,20). The van der Waals surface area contributed by atoms with Crippen molar-refractivity contribution >= 4 is 17.7 Å². The summed E-state index contributed by atoms with van der Waals surface area (Å²) in [5, 5.41) is 12.4. The molecule has 0 aliphatic carbocycles. The number of halogens is 3. The van der Waals surface area contributed by atoms with Crippen molar-refractivity contribution in [2.75, 3.05) is 5.75 Å². The first-order valence-corrected chi connectivity index (χ1v) is 6.85. The Labute approximate surface area is 122 Å². The highest BCUT2D eigenvalue weighted by Crippen LogP contribution is 2.33. The van der Waals surface area contributed by atoms with Gasteiger partial charge in [-0.15, -0.1) is 0 Å². The van der Waals surface area contributed by atoms with E-state index in [0.717, 1.165) is 28.1 Å². The number of rotatable bonds is 4. The number of nitrogens with zero attached hydrogens (tertiary/aromatic N) is 2. The van der Waals surface area contributed by atoms with Gasteiger partial charge in [-0.3, -0.25) is 4.79 Å². The largest absolute Gasteiger partial charge is 0.481 e. The molecule has 1 aromatic carbocycles. The molecule has 0 amide bonds. The molecule has 1 heterocycles. The number of thioether (sulfide) groups is 1. The van der Waals surface area contributed by atoms with Crippen LogP contribution in [0.3, 0.4) is 0 Å². The number of para-hydroxylation sites is 1. The summed E-state index contributed by atoms with van der Waals surface area (Å²) in [4.78, 5) is 10.6. The van der Waals surface area contributed by atoms with E-state index in [9.17, 15) is 18.0 Å². The summed E-state index contributed by atoms with van der Waals surface area (Å²) in [5.74, 6) is -1.44. The van der Waals surface area contributed by atoms with Gasteiger partial charge in [0.1, 0.15) is 5.03 Å². The first kappa shape index (κ1) is 15.4. The Morgan fingerprint density at radius 3 is 2.62 bits per heavy atom. The van der Waals surface area contributed by atoms with Gasteiger partial charge in [0, 0.05) is 6.07 Å². The number of carboxylic acids is 1. The molecule has 112 valence electrons. The van der Waals surface area contributed by atoms with Gasteiger partial charge >= 0.3 is 12.1 Å². The molecular formula is C13H11F3N2O2S. The van der Waals surface area contributed by atoms with E-state index >= 15 is 0 Å². The molecule has 2 rings (SSSR count). The number of aromatic nitrogens is 2. The molecule has 0 aliphatic rings. The molecule has 21 heavy (non-hydrogen) atoms. The summed E-state index contributed by atoms with van der Waals surface area (Å²) in [6.07, 6.45) is -4.58. The highest BCUT2D eigenvalue weighted by atomic mass is 32.2. The van der Waals surface area contributed by atoms with E-state index in [1.54, 1.807) is 31.2 Å². The van der Waals surface area contributed by atoms with Crippen LogP contribution in [0.2, 0.25) is 0 Å². The fourth-order valence-electron chi connectivity index (χ4n) is 1.71. The van der Waals surface area contributed by atoms with Crippen molar-refractivity contribution in [3.63, 3.8) is 0 Å². The van der Waals surface area contributed by atoms with Crippen LogP contribution in [0.1, 0.15) is 11.3 Å². The normalized spacial score (nSPS) is 11.6. The van der Waals surface area contributed by atoms with Gasteiger partial charge in [0.2, 0.25) is 0 Å². The van der Waals surface area contributed by atoms with Gasteiger partial charge in [-0.1, -0.05) is 30.0 Å². The maximum Gasteiger partial charge on any atom is 0.435 e. The molecule has 0 bridgehead atoms. The quantitative estimate of drug-likeness (QED) is 0.879. The molecule has 0 unspecified atom stereocenters. The lowest BCUT2D eigenvalue weighted by Crippen LogP contribution is -2.08. The smallest absolute Gasteiger partial charge is 0.435 e. The molecule has 4 nitrogen and oxygen atoms in total. The van der Waals surface area contributed by atoms with Crippen LogP contribution in [-0.4, -0.2) is 26.6 Å². The molecule has 2 aromatic rings. The third kappa shape index (κ3) is 3.57. The highest BCUT2D eigenvalue weighted by Gasteiger charge is 2.35. The van der Waals surface area contributed by atoms with E-state index < -0.39 is 17.8 Å². The van der Waals surface area contributed by atoms with Crippen molar-refractivity contribution in [2.24, 2.45) is 0 Å². The Bertz CT molecular complexity index is 668. The van der Waals surface area contributed by atoms with Gasteiger partial charge in [0.05, 0.1) is 11.4 Å². The van der Waals surface area contributed by atoms with E-state index in [-0.39, 0.29) is 10.8 Å². The Balaban J connectivity index is 2.49. The zero-order chi connectivity index (χ0) is 15.6. The summed E-state index contributed by atoms with van der Waals surface area (Å²) in [7, 11) is 0. The summed E-state index contributed by atoms with van der Waals surface area (Å²) in [5.41, 5.74) is 0.186. The third-order valence-corrected chi connectivity index (χ3v) is 3.63. The number of aryl methyl sites for hydroxylation is 1. The molecule has 1 N–H and O–H groups in total. The monoisotopic (exact) mass is 316 g/mol. The molecule has 0 aliphatic heterocycles. The molecule has 0 saturated heterocycles. The van der Waals surface area contributed by atoms with Crippen LogP contribution in [0.15, 0.2) is 35.4 Å². The molecule has 0 saturated carbocycles. The van der Waals surface area contributed by atoms with E-state index in [0.29, 0.717) is 5.69 Å². The van der Waals surface area contributed by atoms with Gasteiger partial charge in [-0.05, 0) is 18.6 Å². The lowest BCUT2D eigenvalue weighted by atomic mass is 10.2. The van der Waals surface area contributed by atoms with Crippen LogP contribution in [0.5, 0.6) is 0 Å². The Morgan fingerprint density at radius 2 is 2.05 bits per heavy atom. The zero-order valence-corrected chi connectivity index (χ0v) is 11.7. The lowest BCUT2D eigenvalue weighted by Gasteiger charge is -2.09. The zero-order valence-electron chi connectivity index (χ0n) is 10.9. The van der Waals surface area contributed by atoms with Crippen LogP contribution in [0.4, 0.5) is 13.2 Å². The molecule has 8 heteroatoms. The maximum absolute atomic E-state index is 12.8. The number of hydrogen-bond acceptors (Lipinski definition) is 3. The van der Waals surface area contributed by atoms with Crippen molar-refractivity contribution in [1.82, 2.24) is 9.78 Å². The second-order valence-electron chi connectivity index (χ2n) is 4.25. The maximum atomic E-state index is 12.8. The van der Waals surface area contributed by atoms with Crippen LogP contribution < -0.4 is 0 Å². The molecule has 0 radical (unpaired) electrons. The van der Waals surface area contributed by atoms with E-state index in [1.807, 2.05) is 0 Å². The number of aliphatic carboxylic acids is 1. The minimum absolute atomic E-state index is 0.138. The van der Waals surface area contributed by atoms with E-state index in [2.05, 4.69) is 5.10 Å². The Kier molecular flexibility index (Phi) is 4.26. The van der Waals surface area contributed by atoms with Crippen LogP contribution >= 0.6 is 11.8 Å². The van der Waals surface area contributed by atoms with Crippen LogP contribution in [0.25, 0.3) is 5.69 Å². The summed E-state index contributed by atoms with van der Waals surface area (Å²) in [6, 6.07) is 7.68. The summed E-state index contributed by atoms with van der Waals surface area (Å²) >= 11 is 0.797. The van der Waals surface area contributed by atoms with Crippen LogP contribution in [0, 0.1) is 6.92 Å². The molecular weight excluding hydrogens is 305 g/mol. The number of alkyl halides is 3. The fraction of sp³-hybridized carbons (Fsp3) is 0.231. The minimum atomic E-state index is -4.58. The average molecular weight is 316 g/mol. The topological polar surface area (TPSA) is 55.1 Å². The van der Waals surface area contributed by atoms with E-state index in [1.165, 1.54) is 0 Å². The minimum Gasteiger partial charge on any atom is -0.481 e. The molecule has 0 spiro atoms. The number of hydrogen-bond donors (Lipinski definition) is 1. The Morgan fingerprint density at radius 1 is 1.38 bits per heavy atom. The average Bonchev–Trinajstić information content (AvgIpc) is 2.80. The molecule has 1 aromatic heterocycles. The predicted molar refractivity (Wildman–Crippen MR) is 71.7 cm³/mol.